The Morgan fingerprint density at radius 1 is 1.19 bits per heavy atom. The summed E-state index contributed by atoms with van der Waals surface area (Å²) >= 11 is 0. The second-order valence-electron chi connectivity index (χ2n) is 9.95. The highest BCUT2D eigenvalue weighted by molar-refractivity contribution is 6.25. The molecule has 1 aromatic rings. The summed E-state index contributed by atoms with van der Waals surface area (Å²) in [5.74, 6) is -8.13. The minimum absolute atomic E-state index is 0.0109. The van der Waals surface area contributed by atoms with Crippen molar-refractivity contribution in [3.05, 3.63) is 34.4 Å². The van der Waals surface area contributed by atoms with Crippen LogP contribution in [-0.2, 0) is 20.8 Å². The molecule has 3 unspecified atom stereocenters. The van der Waals surface area contributed by atoms with Crippen molar-refractivity contribution in [3.8, 4) is 5.75 Å². The largest absolute Gasteiger partial charge is 0.507 e. The topological polar surface area (TPSA) is 229 Å². The van der Waals surface area contributed by atoms with Gasteiger partial charge in [-0.1, -0.05) is 0 Å². The summed E-state index contributed by atoms with van der Waals surface area (Å²) in [5, 5.41) is 48.2. The molecule has 37 heavy (non-hydrogen) atoms. The van der Waals surface area contributed by atoms with Crippen molar-refractivity contribution in [2.75, 3.05) is 14.1 Å². The SMILES string of the molecule is C/C(=N/NC(N)=O)c1ccc(O)c2c1C[C@@H]1C[C@@H]3C(N(C)C)C(O)C(C(N)=O)C(=O)[C@]3(O)C(=O)C1=C2O. The van der Waals surface area contributed by atoms with Gasteiger partial charge in [0, 0.05) is 23.1 Å². The minimum Gasteiger partial charge on any atom is -0.507 e. The second kappa shape index (κ2) is 8.94. The number of aromatic hydroxyl groups is 1. The maximum absolute atomic E-state index is 13.8. The third-order valence-corrected chi connectivity index (χ3v) is 7.70. The number of urea groups is 1. The van der Waals surface area contributed by atoms with Gasteiger partial charge in [0.15, 0.2) is 11.4 Å². The molecule has 1 aromatic carbocycles. The molecule has 13 nitrogen and oxygen atoms in total. The fourth-order valence-electron chi connectivity index (χ4n) is 6.14. The highest BCUT2D eigenvalue weighted by Crippen LogP contribution is 2.52. The lowest BCUT2D eigenvalue weighted by atomic mass is 9.54. The summed E-state index contributed by atoms with van der Waals surface area (Å²) in [5.41, 5.74) is 10.7. The number of carbonyl (C=O) groups excluding carboxylic acids is 4. The number of nitrogens with zero attached hydrogens (tertiary/aromatic N) is 2. The molecule has 3 aliphatic rings. The van der Waals surface area contributed by atoms with Gasteiger partial charge in [0.2, 0.25) is 11.7 Å². The lowest BCUT2D eigenvalue weighted by Gasteiger charge is -2.53. The molecule has 0 spiro atoms. The number of phenolic OH excluding ortho intramolecular Hbond substituents is 1. The molecule has 0 heterocycles. The van der Waals surface area contributed by atoms with Crippen LogP contribution in [0.5, 0.6) is 5.75 Å². The molecule has 9 N–H and O–H groups in total. The number of hydrogen-bond acceptors (Lipinski definition) is 10. The fraction of sp³-hybridized carbons (Fsp3) is 0.458. The van der Waals surface area contributed by atoms with Gasteiger partial charge in [-0.3, -0.25) is 14.4 Å². The first kappa shape index (κ1) is 26.3. The molecular formula is C24H29N5O8. The number of carbonyl (C=O) groups is 4. The van der Waals surface area contributed by atoms with Gasteiger partial charge < -0.3 is 36.8 Å². The first-order valence-corrected chi connectivity index (χ1v) is 11.6. The first-order valence-electron chi connectivity index (χ1n) is 11.6. The average Bonchev–Trinajstić information content (AvgIpc) is 2.79. The normalized spacial score (nSPS) is 31.5. The lowest BCUT2D eigenvalue weighted by molar-refractivity contribution is -0.184. The number of nitrogens with one attached hydrogen (secondary N) is 1. The highest BCUT2D eigenvalue weighted by atomic mass is 16.3. The van der Waals surface area contributed by atoms with E-state index in [-0.39, 0.29) is 29.7 Å². The Bertz CT molecular complexity index is 1290. The van der Waals surface area contributed by atoms with Crippen molar-refractivity contribution >= 4 is 35.0 Å². The average molecular weight is 516 g/mol. The summed E-state index contributed by atoms with van der Waals surface area (Å²) in [6.45, 7) is 1.58. The molecule has 198 valence electrons. The maximum atomic E-state index is 13.8. The van der Waals surface area contributed by atoms with E-state index in [0.717, 1.165) is 0 Å². The zero-order valence-corrected chi connectivity index (χ0v) is 20.4. The third kappa shape index (κ3) is 3.77. The van der Waals surface area contributed by atoms with Gasteiger partial charge >= 0.3 is 6.03 Å². The molecular weight excluding hydrogens is 486 g/mol. The van der Waals surface area contributed by atoms with Crippen molar-refractivity contribution in [2.45, 2.75) is 37.5 Å². The second-order valence-corrected chi connectivity index (χ2v) is 9.95. The lowest BCUT2D eigenvalue weighted by Crippen LogP contribution is -2.73. The van der Waals surface area contributed by atoms with Crippen molar-refractivity contribution in [2.24, 2.45) is 34.3 Å². The third-order valence-electron chi connectivity index (χ3n) is 7.70. The Kier molecular flexibility index (Phi) is 6.34. The first-order chi connectivity index (χ1) is 17.2. The predicted octanol–water partition coefficient (Wildman–Crippen LogP) is -1.48. The Labute approximate surface area is 211 Å². The smallest absolute Gasteiger partial charge is 0.332 e. The zero-order chi connectivity index (χ0) is 27.6. The number of nitrogens with two attached hydrogens (primary N) is 2. The Morgan fingerprint density at radius 2 is 1.84 bits per heavy atom. The number of hydrogen-bond donors (Lipinski definition) is 7. The van der Waals surface area contributed by atoms with Gasteiger partial charge in [0.05, 0.1) is 17.4 Å². The van der Waals surface area contributed by atoms with Crippen molar-refractivity contribution < 1.29 is 39.6 Å². The number of ketones is 2. The molecule has 6 atom stereocenters. The van der Waals surface area contributed by atoms with Crippen molar-refractivity contribution in [1.29, 1.82) is 0 Å². The summed E-state index contributed by atoms with van der Waals surface area (Å²) in [4.78, 5) is 51.8. The molecule has 13 heteroatoms. The fourth-order valence-corrected chi connectivity index (χ4v) is 6.14. The Hall–Kier alpha value is -3.81. The number of benzene rings is 1. The number of Topliss-reactive ketones (excluding diaryl/α,β-unsaturated/α-hetero) is 2. The molecule has 4 rings (SSSR count). The van der Waals surface area contributed by atoms with E-state index in [1.807, 2.05) is 0 Å². The zero-order valence-electron chi connectivity index (χ0n) is 20.4. The van der Waals surface area contributed by atoms with Gasteiger partial charge in [0.25, 0.3) is 0 Å². The highest BCUT2D eigenvalue weighted by Gasteiger charge is 2.67. The molecule has 2 fully saturated rings. The predicted molar refractivity (Wildman–Crippen MR) is 129 cm³/mol. The minimum atomic E-state index is -2.72. The molecule has 3 aliphatic carbocycles. The van der Waals surface area contributed by atoms with Gasteiger partial charge in [-0.25, -0.2) is 10.2 Å². The number of primary amides is 2. The molecule has 0 radical (unpaired) electrons. The van der Waals surface area contributed by atoms with E-state index in [4.69, 9.17) is 11.5 Å². The van der Waals surface area contributed by atoms with Crippen molar-refractivity contribution in [3.63, 3.8) is 0 Å². The van der Waals surface area contributed by atoms with Crippen molar-refractivity contribution in [1.82, 2.24) is 10.3 Å². The van der Waals surface area contributed by atoms with E-state index in [0.29, 0.717) is 16.8 Å². The molecule has 2 saturated carbocycles. The summed E-state index contributed by atoms with van der Waals surface area (Å²) in [7, 11) is 3.15. The van der Waals surface area contributed by atoms with Crippen LogP contribution in [0.15, 0.2) is 22.8 Å². The van der Waals surface area contributed by atoms with E-state index in [1.165, 1.54) is 17.0 Å². The van der Waals surface area contributed by atoms with Crippen LogP contribution in [0.4, 0.5) is 4.79 Å². The number of aliphatic hydroxyl groups is 3. The van der Waals surface area contributed by atoms with Crippen LogP contribution < -0.4 is 16.9 Å². The Morgan fingerprint density at radius 3 is 2.41 bits per heavy atom. The van der Waals surface area contributed by atoms with E-state index in [1.54, 1.807) is 21.0 Å². The Balaban J connectivity index is 1.91. The van der Waals surface area contributed by atoms with E-state index < -0.39 is 64.8 Å². The summed E-state index contributed by atoms with van der Waals surface area (Å²) < 4.78 is 0. The molecule has 3 amide bonds. The monoisotopic (exact) mass is 515 g/mol. The van der Waals surface area contributed by atoms with Crippen LogP contribution in [0.2, 0.25) is 0 Å². The summed E-state index contributed by atoms with van der Waals surface area (Å²) in [6, 6.07) is 0.926. The number of phenols is 1. The van der Waals surface area contributed by atoms with Gasteiger partial charge in [-0.15, -0.1) is 0 Å². The molecule has 0 saturated heterocycles. The quantitative estimate of drug-likeness (QED) is 0.141. The number of hydrazone groups is 1. The van der Waals surface area contributed by atoms with E-state index >= 15 is 0 Å². The van der Waals surface area contributed by atoms with E-state index in [2.05, 4.69) is 10.5 Å². The molecule has 0 bridgehead atoms. The molecule has 0 aromatic heterocycles. The number of amides is 3. The van der Waals surface area contributed by atoms with Gasteiger partial charge in [0.1, 0.15) is 17.4 Å². The number of aliphatic hydroxyl groups excluding tert-OH is 2. The van der Waals surface area contributed by atoms with Crippen LogP contribution in [0.1, 0.15) is 30.0 Å². The van der Waals surface area contributed by atoms with Crippen LogP contribution in [0, 0.1) is 17.8 Å². The van der Waals surface area contributed by atoms with Crippen LogP contribution >= 0.6 is 0 Å². The maximum Gasteiger partial charge on any atom is 0.332 e. The standard InChI is InChI=1S/C24H29N5O8/c1-8(27-28-23(26)36)10-4-5-13(30)15-11(10)6-9-7-12-17(29(2)3)19(32)16(22(25)35)21(34)24(12,37)20(33)14(9)18(15)31/h4-5,9,12,16-17,19,30-32,37H,6-7H2,1-3H3,(H2,25,35)(H3,26,28,36)/b27-8-/t9-,12-,16?,17?,19?,24-/m1/s1. The van der Waals surface area contributed by atoms with E-state index in [9.17, 15) is 39.6 Å². The number of fused-ring (bicyclic) bond motifs is 3. The van der Waals surface area contributed by atoms with Crippen LogP contribution in [0.25, 0.3) is 5.76 Å². The van der Waals surface area contributed by atoms with Gasteiger partial charge in [-0.05, 0) is 57.5 Å². The van der Waals surface area contributed by atoms with Crippen LogP contribution in [-0.4, -0.2) is 86.4 Å². The summed E-state index contributed by atoms with van der Waals surface area (Å²) in [6.07, 6.45) is -1.48. The van der Waals surface area contributed by atoms with Gasteiger partial charge in [-0.2, -0.15) is 5.10 Å². The number of rotatable bonds is 4. The van der Waals surface area contributed by atoms with Crippen LogP contribution in [0.3, 0.4) is 0 Å². The molecule has 0 aliphatic heterocycles. The number of likely N-dealkylation sites (N-methyl/N-ethyl adjacent to an activating group) is 1.